The van der Waals surface area contributed by atoms with E-state index < -0.39 is 0 Å². The Balaban J connectivity index is 1.78. The van der Waals surface area contributed by atoms with Crippen molar-refractivity contribution in [3.05, 3.63) is 66.0 Å². The van der Waals surface area contributed by atoms with E-state index in [1.54, 1.807) is 0 Å². The van der Waals surface area contributed by atoms with Crippen molar-refractivity contribution in [2.75, 3.05) is 11.1 Å². The van der Waals surface area contributed by atoms with Crippen molar-refractivity contribution in [2.24, 2.45) is 0 Å². The number of thioether (sulfide) groups is 1. The standard InChI is InChI=1S/C22H27N5OS/c1-16-10-12-17(13-11-16)23-14-19-25-26-21(27(19)18-8-6-5-7-9-18)29-15-20(28)24-22(2,3)4/h5-13,23H,14-15H2,1-4H3,(H,24,28). The minimum atomic E-state index is -0.256. The average molecular weight is 410 g/mol. The highest BCUT2D eigenvalue weighted by Crippen LogP contribution is 2.23. The average Bonchev–Trinajstić information content (AvgIpc) is 3.08. The number of benzene rings is 2. The van der Waals surface area contributed by atoms with Crippen LogP contribution in [0, 0.1) is 6.92 Å². The van der Waals surface area contributed by atoms with Crippen molar-refractivity contribution >= 4 is 23.4 Å². The van der Waals surface area contributed by atoms with Gasteiger partial charge in [0.2, 0.25) is 5.91 Å². The monoisotopic (exact) mass is 409 g/mol. The van der Waals surface area contributed by atoms with Crippen LogP contribution in [0.4, 0.5) is 5.69 Å². The van der Waals surface area contributed by atoms with Gasteiger partial charge < -0.3 is 10.6 Å². The van der Waals surface area contributed by atoms with Crippen molar-refractivity contribution in [3.8, 4) is 5.69 Å². The summed E-state index contributed by atoms with van der Waals surface area (Å²) in [6.07, 6.45) is 0. The van der Waals surface area contributed by atoms with Crippen LogP contribution in [-0.4, -0.2) is 32.0 Å². The molecule has 3 rings (SSSR count). The number of nitrogens with zero attached hydrogens (tertiary/aromatic N) is 3. The van der Waals surface area contributed by atoms with E-state index in [2.05, 4.69) is 39.9 Å². The molecule has 0 radical (unpaired) electrons. The number of anilines is 1. The van der Waals surface area contributed by atoms with Crippen molar-refractivity contribution in [1.29, 1.82) is 0 Å². The quantitative estimate of drug-likeness (QED) is 0.573. The second kappa shape index (κ2) is 9.13. The van der Waals surface area contributed by atoms with Crippen LogP contribution in [0.25, 0.3) is 5.69 Å². The lowest BCUT2D eigenvalue weighted by molar-refractivity contribution is -0.119. The Morgan fingerprint density at radius 3 is 2.38 bits per heavy atom. The third-order valence-electron chi connectivity index (χ3n) is 4.06. The number of para-hydroxylation sites is 1. The largest absolute Gasteiger partial charge is 0.378 e. The molecule has 0 unspecified atom stereocenters. The topological polar surface area (TPSA) is 71.8 Å². The Morgan fingerprint density at radius 2 is 1.72 bits per heavy atom. The first-order valence-corrected chi connectivity index (χ1v) is 10.5. The van der Waals surface area contributed by atoms with Crippen molar-refractivity contribution in [2.45, 2.75) is 44.9 Å². The highest BCUT2D eigenvalue weighted by Gasteiger charge is 2.18. The number of aromatic nitrogens is 3. The molecule has 0 bridgehead atoms. The van der Waals surface area contributed by atoms with Crippen LogP contribution in [0.1, 0.15) is 32.2 Å². The van der Waals surface area contributed by atoms with Crippen LogP contribution in [0.15, 0.2) is 59.8 Å². The van der Waals surface area contributed by atoms with Crippen LogP contribution >= 0.6 is 11.8 Å². The summed E-state index contributed by atoms with van der Waals surface area (Å²) in [7, 11) is 0. The normalized spacial score (nSPS) is 11.3. The summed E-state index contributed by atoms with van der Waals surface area (Å²) in [4.78, 5) is 12.2. The molecule has 0 saturated carbocycles. The van der Waals surface area contributed by atoms with Crippen molar-refractivity contribution in [3.63, 3.8) is 0 Å². The molecular formula is C22H27N5OS. The van der Waals surface area contributed by atoms with E-state index in [9.17, 15) is 4.79 Å². The van der Waals surface area contributed by atoms with Gasteiger partial charge in [-0.15, -0.1) is 10.2 Å². The molecule has 1 aromatic heterocycles. The lowest BCUT2D eigenvalue weighted by atomic mass is 10.1. The Hall–Kier alpha value is -2.80. The third-order valence-corrected chi connectivity index (χ3v) is 4.99. The van der Waals surface area contributed by atoms with Gasteiger partial charge in [-0.1, -0.05) is 47.7 Å². The number of carbonyl (C=O) groups is 1. The zero-order valence-electron chi connectivity index (χ0n) is 17.3. The van der Waals surface area contributed by atoms with Gasteiger partial charge in [0.1, 0.15) is 0 Å². The van der Waals surface area contributed by atoms with Gasteiger partial charge in [-0.2, -0.15) is 0 Å². The van der Waals surface area contributed by atoms with Gasteiger partial charge in [0.15, 0.2) is 11.0 Å². The van der Waals surface area contributed by atoms with Crippen LogP contribution < -0.4 is 10.6 Å². The number of hydrogen-bond donors (Lipinski definition) is 2. The van der Waals surface area contributed by atoms with Gasteiger partial charge >= 0.3 is 0 Å². The number of carbonyl (C=O) groups excluding carboxylic acids is 1. The maximum atomic E-state index is 12.2. The summed E-state index contributed by atoms with van der Waals surface area (Å²) >= 11 is 1.38. The molecule has 0 saturated heterocycles. The Labute approximate surface area is 176 Å². The molecule has 6 nitrogen and oxygen atoms in total. The van der Waals surface area contributed by atoms with Crippen molar-refractivity contribution < 1.29 is 4.79 Å². The van der Waals surface area contributed by atoms with E-state index in [0.29, 0.717) is 11.7 Å². The maximum Gasteiger partial charge on any atom is 0.230 e. The molecule has 152 valence electrons. The van der Waals surface area contributed by atoms with E-state index in [1.165, 1.54) is 17.3 Å². The summed E-state index contributed by atoms with van der Waals surface area (Å²) in [6, 6.07) is 18.2. The lowest BCUT2D eigenvalue weighted by Crippen LogP contribution is -2.41. The van der Waals surface area contributed by atoms with Gasteiger partial charge in [-0.05, 0) is 52.0 Å². The fraction of sp³-hybridized carbons (Fsp3) is 0.318. The number of rotatable bonds is 7. The lowest BCUT2D eigenvalue weighted by Gasteiger charge is -2.20. The maximum absolute atomic E-state index is 12.2. The Morgan fingerprint density at radius 1 is 1.03 bits per heavy atom. The smallest absolute Gasteiger partial charge is 0.230 e. The molecule has 2 aromatic carbocycles. The second-order valence-corrected chi connectivity index (χ2v) is 8.82. The summed E-state index contributed by atoms with van der Waals surface area (Å²) < 4.78 is 2.00. The van der Waals surface area contributed by atoms with Crippen LogP contribution in [0.5, 0.6) is 0 Å². The van der Waals surface area contributed by atoms with Gasteiger partial charge in [-0.25, -0.2) is 0 Å². The molecule has 0 aliphatic rings. The molecule has 0 atom stereocenters. The number of hydrogen-bond acceptors (Lipinski definition) is 5. The van der Waals surface area contributed by atoms with Gasteiger partial charge in [0.25, 0.3) is 0 Å². The number of amides is 1. The van der Waals surface area contributed by atoms with Crippen molar-refractivity contribution in [1.82, 2.24) is 20.1 Å². The summed E-state index contributed by atoms with van der Waals surface area (Å²) in [5.41, 5.74) is 2.96. The van der Waals surface area contributed by atoms with Gasteiger partial charge in [0, 0.05) is 16.9 Å². The van der Waals surface area contributed by atoms with Crippen LogP contribution in [-0.2, 0) is 11.3 Å². The number of aryl methyl sites for hydroxylation is 1. The first kappa shape index (κ1) is 20.9. The van der Waals surface area contributed by atoms with Gasteiger partial charge in [-0.3, -0.25) is 9.36 Å². The molecule has 2 N–H and O–H groups in total. The summed E-state index contributed by atoms with van der Waals surface area (Å²) in [5, 5.41) is 15.8. The SMILES string of the molecule is Cc1ccc(NCc2nnc(SCC(=O)NC(C)(C)C)n2-c2ccccc2)cc1. The fourth-order valence-corrected chi connectivity index (χ4v) is 3.55. The predicted octanol–water partition coefficient (Wildman–Crippen LogP) is 4.19. The first-order valence-electron chi connectivity index (χ1n) is 9.56. The summed E-state index contributed by atoms with van der Waals surface area (Å²) in [5.74, 6) is 1.05. The molecule has 1 heterocycles. The predicted molar refractivity (Wildman–Crippen MR) is 118 cm³/mol. The minimum absolute atomic E-state index is 0.0237. The highest BCUT2D eigenvalue weighted by atomic mass is 32.2. The van der Waals surface area contributed by atoms with Gasteiger partial charge in [0.05, 0.1) is 12.3 Å². The zero-order valence-corrected chi connectivity index (χ0v) is 18.1. The zero-order chi connectivity index (χ0) is 20.9. The molecule has 29 heavy (non-hydrogen) atoms. The van der Waals surface area contributed by atoms with E-state index in [0.717, 1.165) is 17.2 Å². The number of nitrogens with one attached hydrogen (secondary N) is 2. The summed E-state index contributed by atoms with van der Waals surface area (Å²) in [6.45, 7) is 8.50. The first-order chi connectivity index (χ1) is 13.8. The molecule has 0 spiro atoms. The third kappa shape index (κ3) is 6.09. The minimum Gasteiger partial charge on any atom is -0.378 e. The van der Waals surface area contributed by atoms with E-state index in [4.69, 9.17) is 0 Å². The van der Waals surface area contributed by atoms with Crippen LogP contribution in [0.2, 0.25) is 0 Å². The fourth-order valence-electron chi connectivity index (χ4n) is 2.78. The molecule has 0 aliphatic carbocycles. The molecular weight excluding hydrogens is 382 g/mol. The molecule has 3 aromatic rings. The Kier molecular flexibility index (Phi) is 6.59. The molecule has 0 fully saturated rings. The highest BCUT2D eigenvalue weighted by molar-refractivity contribution is 7.99. The molecule has 1 amide bonds. The molecule has 7 heteroatoms. The van der Waals surface area contributed by atoms with E-state index >= 15 is 0 Å². The van der Waals surface area contributed by atoms with E-state index in [1.807, 2.05) is 67.8 Å². The van der Waals surface area contributed by atoms with E-state index in [-0.39, 0.29) is 17.2 Å². The Bertz CT molecular complexity index is 946. The van der Waals surface area contributed by atoms with Crippen LogP contribution in [0.3, 0.4) is 0 Å². The molecule has 0 aliphatic heterocycles. The second-order valence-electron chi connectivity index (χ2n) is 7.88.